The number of anilines is 1. The first kappa shape index (κ1) is 17.7. The Bertz CT molecular complexity index is 437. The molecule has 6 heteroatoms. The molecule has 20 heavy (non-hydrogen) atoms. The van der Waals surface area contributed by atoms with Gasteiger partial charge in [-0.05, 0) is 30.4 Å². The van der Waals surface area contributed by atoms with Crippen LogP contribution in [0.3, 0.4) is 0 Å². The third kappa shape index (κ3) is 4.32. The lowest BCUT2D eigenvalue weighted by molar-refractivity contribution is -0.137. The second-order valence-electron chi connectivity index (χ2n) is 4.61. The lowest BCUT2D eigenvalue weighted by Crippen LogP contribution is -2.34. The van der Waals surface area contributed by atoms with Crippen molar-refractivity contribution < 1.29 is 13.2 Å². The van der Waals surface area contributed by atoms with E-state index in [1.807, 2.05) is 13.2 Å². The summed E-state index contributed by atoms with van der Waals surface area (Å²) in [6, 6.07) is 4.64. The summed E-state index contributed by atoms with van der Waals surface area (Å²) in [6.45, 7) is 2.00. The van der Waals surface area contributed by atoms with Crippen molar-refractivity contribution in [3.63, 3.8) is 0 Å². The van der Waals surface area contributed by atoms with E-state index in [4.69, 9.17) is 0 Å². The highest BCUT2D eigenvalue weighted by molar-refractivity contribution is 9.08. The fourth-order valence-electron chi connectivity index (χ4n) is 2.09. The molecule has 0 aliphatic carbocycles. The number of halogens is 4. The number of nitrogens with zero attached hydrogens (tertiary/aromatic N) is 1. The fourth-order valence-corrected chi connectivity index (χ4v) is 3.29. The average Bonchev–Trinajstić information content (AvgIpc) is 2.42. The van der Waals surface area contributed by atoms with Gasteiger partial charge in [0.1, 0.15) is 0 Å². The van der Waals surface area contributed by atoms with E-state index in [9.17, 15) is 13.2 Å². The molecule has 0 spiro atoms. The lowest BCUT2D eigenvalue weighted by Gasteiger charge is -2.31. The van der Waals surface area contributed by atoms with E-state index in [0.717, 1.165) is 12.2 Å². The van der Waals surface area contributed by atoms with Crippen molar-refractivity contribution in [2.45, 2.75) is 30.9 Å². The van der Waals surface area contributed by atoms with Crippen molar-refractivity contribution in [2.24, 2.45) is 0 Å². The molecule has 0 N–H and O–H groups in total. The third-order valence-electron chi connectivity index (χ3n) is 3.28. The van der Waals surface area contributed by atoms with Gasteiger partial charge in [-0.15, -0.1) is 0 Å². The third-order valence-corrected chi connectivity index (χ3v) is 4.64. The minimum absolute atomic E-state index is 0.0981. The van der Waals surface area contributed by atoms with Gasteiger partial charge >= 0.3 is 6.18 Å². The molecule has 1 atom stereocenters. The molecule has 1 aromatic rings. The molecular weight excluding hydrogens is 351 g/mol. The molecule has 0 bridgehead atoms. The van der Waals surface area contributed by atoms with E-state index in [1.54, 1.807) is 35.8 Å². The molecule has 1 aromatic carbocycles. The summed E-state index contributed by atoms with van der Waals surface area (Å²) in [5, 5.41) is 0.419. The van der Waals surface area contributed by atoms with Crippen LogP contribution in [0.5, 0.6) is 0 Å². The molecule has 0 aromatic heterocycles. The van der Waals surface area contributed by atoms with Crippen LogP contribution in [0.4, 0.5) is 18.9 Å². The summed E-state index contributed by atoms with van der Waals surface area (Å²) in [4.78, 5) is 1.75. The van der Waals surface area contributed by atoms with Crippen LogP contribution in [0.1, 0.15) is 24.5 Å². The number of hydrogen-bond acceptors (Lipinski definition) is 2. The van der Waals surface area contributed by atoms with E-state index >= 15 is 0 Å². The zero-order chi connectivity index (χ0) is 15.3. The molecule has 0 radical (unpaired) electrons. The lowest BCUT2D eigenvalue weighted by atomic mass is 10.1. The monoisotopic (exact) mass is 369 g/mol. The minimum Gasteiger partial charge on any atom is -0.370 e. The highest BCUT2D eigenvalue weighted by Gasteiger charge is 2.35. The summed E-state index contributed by atoms with van der Waals surface area (Å²) in [6.07, 6.45) is -1.55. The molecule has 0 fully saturated rings. The maximum absolute atomic E-state index is 13.2. The maximum atomic E-state index is 13.2. The number of benzene rings is 1. The first-order valence-electron chi connectivity index (χ1n) is 6.33. The smallest absolute Gasteiger partial charge is 0.370 e. The normalized spacial score (nSPS) is 13.3. The molecule has 0 aliphatic heterocycles. The first-order valence-corrected chi connectivity index (χ1v) is 8.84. The summed E-state index contributed by atoms with van der Waals surface area (Å²) < 4.78 is 39.7. The zero-order valence-electron chi connectivity index (χ0n) is 11.8. The van der Waals surface area contributed by atoms with Crippen molar-refractivity contribution in [3.05, 3.63) is 29.3 Å². The van der Waals surface area contributed by atoms with Crippen LogP contribution in [0, 0.1) is 0 Å². The minimum atomic E-state index is -4.33. The topological polar surface area (TPSA) is 3.24 Å². The average molecular weight is 370 g/mol. The molecule has 1 rings (SSSR count). The van der Waals surface area contributed by atoms with E-state index in [1.165, 1.54) is 6.07 Å². The van der Waals surface area contributed by atoms with E-state index in [-0.39, 0.29) is 11.7 Å². The molecule has 0 saturated heterocycles. The van der Waals surface area contributed by atoms with E-state index in [0.29, 0.717) is 10.9 Å². The molecule has 0 heterocycles. The molecule has 1 unspecified atom stereocenters. The van der Waals surface area contributed by atoms with Gasteiger partial charge in [0.05, 0.1) is 5.56 Å². The molecule has 114 valence electrons. The highest BCUT2D eigenvalue weighted by Crippen LogP contribution is 2.38. The van der Waals surface area contributed by atoms with Gasteiger partial charge in [-0.3, -0.25) is 0 Å². The van der Waals surface area contributed by atoms with Crippen molar-refractivity contribution in [2.75, 3.05) is 24.0 Å². The van der Waals surface area contributed by atoms with Crippen molar-refractivity contribution in [1.82, 2.24) is 0 Å². The van der Waals surface area contributed by atoms with Gasteiger partial charge in [-0.1, -0.05) is 28.9 Å². The number of alkyl halides is 4. The van der Waals surface area contributed by atoms with Crippen LogP contribution >= 0.6 is 27.7 Å². The predicted molar refractivity (Wildman–Crippen MR) is 84.9 cm³/mol. The van der Waals surface area contributed by atoms with Gasteiger partial charge in [-0.25, -0.2) is 0 Å². The van der Waals surface area contributed by atoms with Crippen molar-refractivity contribution >= 4 is 33.4 Å². The van der Waals surface area contributed by atoms with Gasteiger partial charge in [0, 0.05) is 29.9 Å². The fraction of sp³-hybridized carbons (Fsp3) is 0.571. The SMILES string of the molecule is CCC(CSC)N(C)c1ccc(CBr)cc1C(F)(F)F. The molecular formula is C14H19BrF3NS. The summed E-state index contributed by atoms with van der Waals surface area (Å²) in [5.41, 5.74) is 0.326. The van der Waals surface area contributed by atoms with Crippen LogP contribution in [0.15, 0.2) is 18.2 Å². The summed E-state index contributed by atoms with van der Waals surface area (Å²) >= 11 is 4.85. The Hall–Kier alpha value is -0.360. The Morgan fingerprint density at radius 1 is 1.35 bits per heavy atom. The Morgan fingerprint density at radius 2 is 2.00 bits per heavy atom. The second kappa shape index (κ2) is 7.59. The van der Waals surface area contributed by atoms with Crippen LogP contribution in [-0.4, -0.2) is 25.1 Å². The second-order valence-corrected chi connectivity index (χ2v) is 6.08. The van der Waals surface area contributed by atoms with Gasteiger partial charge in [0.25, 0.3) is 0 Å². The van der Waals surface area contributed by atoms with E-state index in [2.05, 4.69) is 15.9 Å². The largest absolute Gasteiger partial charge is 0.418 e. The molecule has 1 nitrogen and oxygen atoms in total. The van der Waals surface area contributed by atoms with Crippen LogP contribution in [-0.2, 0) is 11.5 Å². The number of rotatable bonds is 6. The van der Waals surface area contributed by atoms with Crippen LogP contribution in [0.25, 0.3) is 0 Å². The van der Waals surface area contributed by atoms with Gasteiger partial charge in [-0.2, -0.15) is 24.9 Å². The van der Waals surface area contributed by atoms with Crippen LogP contribution in [0.2, 0.25) is 0 Å². The van der Waals surface area contributed by atoms with Gasteiger partial charge in [0.15, 0.2) is 0 Å². The maximum Gasteiger partial charge on any atom is 0.418 e. The van der Waals surface area contributed by atoms with Crippen LogP contribution < -0.4 is 4.90 Å². The number of thioether (sulfide) groups is 1. The summed E-state index contributed by atoms with van der Waals surface area (Å²) in [7, 11) is 1.74. The van der Waals surface area contributed by atoms with Crippen molar-refractivity contribution in [3.8, 4) is 0 Å². The standard InChI is InChI=1S/C14H19BrF3NS/c1-4-11(9-20-3)19(2)13-6-5-10(8-15)7-12(13)14(16,17)18/h5-7,11H,4,8-9H2,1-3H3. The Labute approximate surface area is 131 Å². The predicted octanol–water partition coefficient (Wildman–Crippen LogP) is 5.18. The van der Waals surface area contributed by atoms with E-state index < -0.39 is 11.7 Å². The molecule has 0 amide bonds. The highest BCUT2D eigenvalue weighted by atomic mass is 79.9. The Kier molecular flexibility index (Phi) is 6.72. The first-order chi connectivity index (χ1) is 9.35. The molecule has 0 saturated carbocycles. The zero-order valence-corrected chi connectivity index (χ0v) is 14.2. The van der Waals surface area contributed by atoms with Crippen molar-refractivity contribution in [1.29, 1.82) is 0 Å². The molecule has 0 aliphatic rings. The Balaban J connectivity index is 3.22. The summed E-state index contributed by atoms with van der Waals surface area (Å²) in [5.74, 6) is 0.810. The quantitative estimate of drug-likeness (QED) is 0.635. The number of hydrogen-bond donors (Lipinski definition) is 0. The van der Waals surface area contributed by atoms with Gasteiger partial charge in [0.2, 0.25) is 0 Å². The Morgan fingerprint density at radius 3 is 2.45 bits per heavy atom. The van der Waals surface area contributed by atoms with Gasteiger partial charge < -0.3 is 4.90 Å².